The minimum absolute atomic E-state index is 0.797. The van der Waals surface area contributed by atoms with Crippen LogP contribution in [0, 0.1) is 0 Å². The van der Waals surface area contributed by atoms with E-state index in [2.05, 4.69) is 11.7 Å². The third kappa shape index (κ3) is 4.42. The molecule has 0 N–H and O–H groups in total. The Labute approximate surface area is 133 Å². The van der Waals surface area contributed by atoms with Crippen LogP contribution in [0.1, 0.15) is 39.0 Å². The molecule has 0 unspecified atom stereocenters. The Hall–Kier alpha value is -1.66. The number of rotatable bonds is 8. The van der Waals surface area contributed by atoms with Crippen LogP contribution in [-0.2, 0) is 4.57 Å². The maximum Gasteiger partial charge on any atom is 0.247 e. The molecule has 2 nitrogen and oxygen atoms in total. The van der Waals surface area contributed by atoms with Crippen molar-refractivity contribution in [2.24, 2.45) is 4.76 Å². The predicted octanol–water partition coefficient (Wildman–Crippen LogP) is 4.96. The van der Waals surface area contributed by atoms with Crippen molar-refractivity contribution in [2.75, 3.05) is 0 Å². The van der Waals surface area contributed by atoms with Crippen LogP contribution in [0.2, 0.25) is 0 Å². The van der Waals surface area contributed by atoms with E-state index in [-0.39, 0.29) is 0 Å². The summed E-state index contributed by atoms with van der Waals surface area (Å²) in [6, 6.07) is 19.2. The fraction of sp³-hybridized carbons (Fsp3) is 0.316. The summed E-state index contributed by atoms with van der Waals surface area (Å²) in [6.07, 6.45) is 7.55. The maximum absolute atomic E-state index is 13.5. The summed E-state index contributed by atoms with van der Waals surface area (Å²) >= 11 is 0. The Morgan fingerprint density at radius 1 is 0.864 bits per heavy atom. The van der Waals surface area contributed by atoms with Gasteiger partial charge in [0.1, 0.15) is 0 Å². The second kappa shape index (κ2) is 8.70. The minimum atomic E-state index is -2.91. The van der Waals surface area contributed by atoms with E-state index in [1.165, 1.54) is 19.3 Å². The summed E-state index contributed by atoms with van der Waals surface area (Å²) < 4.78 is 18.0. The Bertz CT molecular complexity index is 579. The first-order valence-electron chi connectivity index (χ1n) is 8.02. The largest absolute Gasteiger partial charge is 0.288 e. The van der Waals surface area contributed by atoms with Crippen LogP contribution in [-0.4, -0.2) is 6.21 Å². The quantitative estimate of drug-likeness (QED) is 0.385. The highest BCUT2D eigenvalue weighted by atomic mass is 31.2. The molecule has 0 bridgehead atoms. The van der Waals surface area contributed by atoms with E-state index in [0.29, 0.717) is 0 Å². The summed E-state index contributed by atoms with van der Waals surface area (Å²) in [5.41, 5.74) is 0. The van der Waals surface area contributed by atoms with E-state index < -0.39 is 7.29 Å². The first kappa shape index (κ1) is 16.7. The maximum atomic E-state index is 13.5. The predicted molar refractivity (Wildman–Crippen MR) is 97.0 cm³/mol. The number of unbranched alkanes of at least 4 members (excludes halogenated alkanes) is 4. The van der Waals surface area contributed by atoms with Crippen molar-refractivity contribution in [2.45, 2.75) is 39.0 Å². The van der Waals surface area contributed by atoms with Crippen LogP contribution in [0.4, 0.5) is 0 Å². The molecule has 0 aromatic heterocycles. The first-order chi connectivity index (χ1) is 10.8. The van der Waals surface area contributed by atoms with Gasteiger partial charge in [-0.1, -0.05) is 62.6 Å². The zero-order valence-corrected chi connectivity index (χ0v) is 14.1. The van der Waals surface area contributed by atoms with Gasteiger partial charge in [0.2, 0.25) is 7.29 Å². The van der Waals surface area contributed by atoms with Crippen molar-refractivity contribution < 1.29 is 4.57 Å². The first-order valence-corrected chi connectivity index (χ1v) is 9.68. The molecular formula is C19H24NOP. The number of hydrogen-bond donors (Lipinski definition) is 0. The van der Waals surface area contributed by atoms with Gasteiger partial charge in [-0.05, 0) is 37.1 Å². The van der Waals surface area contributed by atoms with Crippen LogP contribution in [0.5, 0.6) is 0 Å². The Balaban J connectivity index is 2.20. The van der Waals surface area contributed by atoms with Crippen molar-refractivity contribution in [3.8, 4) is 0 Å². The van der Waals surface area contributed by atoms with Crippen LogP contribution in [0.25, 0.3) is 0 Å². The zero-order valence-electron chi connectivity index (χ0n) is 13.2. The summed E-state index contributed by atoms with van der Waals surface area (Å²) in [5.74, 6) is 0. The van der Waals surface area contributed by atoms with E-state index in [1.807, 2.05) is 66.9 Å². The molecular weight excluding hydrogens is 289 g/mol. The van der Waals surface area contributed by atoms with Crippen molar-refractivity contribution in [1.29, 1.82) is 0 Å². The van der Waals surface area contributed by atoms with Gasteiger partial charge in [0.15, 0.2) is 0 Å². The molecule has 0 radical (unpaired) electrons. The average Bonchev–Trinajstić information content (AvgIpc) is 2.59. The second-order valence-corrected chi connectivity index (χ2v) is 7.81. The Morgan fingerprint density at radius 3 is 1.91 bits per heavy atom. The zero-order chi connectivity index (χ0) is 15.7. The van der Waals surface area contributed by atoms with E-state index >= 15 is 0 Å². The molecule has 2 rings (SSSR count). The molecule has 0 spiro atoms. The van der Waals surface area contributed by atoms with Gasteiger partial charge in [0, 0.05) is 16.8 Å². The van der Waals surface area contributed by atoms with Gasteiger partial charge >= 0.3 is 0 Å². The van der Waals surface area contributed by atoms with Gasteiger partial charge in [-0.15, -0.1) is 0 Å². The van der Waals surface area contributed by atoms with E-state index in [0.717, 1.165) is 23.5 Å². The van der Waals surface area contributed by atoms with E-state index in [4.69, 9.17) is 0 Å². The summed E-state index contributed by atoms with van der Waals surface area (Å²) in [5, 5.41) is 1.59. The van der Waals surface area contributed by atoms with Crippen molar-refractivity contribution in [3.63, 3.8) is 0 Å². The fourth-order valence-corrected chi connectivity index (χ4v) is 4.44. The van der Waals surface area contributed by atoms with Crippen LogP contribution >= 0.6 is 7.29 Å². The molecule has 0 saturated heterocycles. The van der Waals surface area contributed by atoms with Gasteiger partial charge in [-0.25, -0.2) is 4.76 Å². The highest BCUT2D eigenvalue weighted by Gasteiger charge is 2.25. The third-order valence-electron chi connectivity index (χ3n) is 3.64. The highest BCUT2D eigenvalue weighted by Crippen LogP contribution is 2.44. The molecule has 0 atom stereocenters. The standard InChI is InChI=1S/C19H24NOP/c1-2-3-4-5-12-17-20-22(21,18-13-8-6-9-14-18)19-15-10-7-11-16-19/h6-11,13-17H,2-5,12H2,1H3/b20-17+. The summed E-state index contributed by atoms with van der Waals surface area (Å²) in [4.78, 5) is 0. The van der Waals surface area contributed by atoms with Gasteiger partial charge in [0.05, 0.1) is 0 Å². The van der Waals surface area contributed by atoms with Crippen molar-refractivity contribution >= 4 is 24.1 Å². The van der Waals surface area contributed by atoms with Gasteiger partial charge in [-0.2, -0.15) is 0 Å². The summed E-state index contributed by atoms with van der Waals surface area (Å²) in [7, 11) is -2.91. The second-order valence-electron chi connectivity index (χ2n) is 5.39. The normalized spacial score (nSPS) is 11.9. The van der Waals surface area contributed by atoms with E-state index in [1.54, 1.807) is 0 Å². The lowest BCUT2D eigenvalue weighted by molar-refractivity contribution is 0.588. The monoisotopic (exact) mass is 313 g/mol. The van der Waals surface area contributed by atoms with Crippen LogP contribution in [0.15, 0.2) is 65.4 Å². The minimum Gasteiger partial charge on any atom is -0.288 e. The molecule has 22 heavy (non-hydrogen) atoms. The third-order valence-corrected chi connectivity index (χ3v) is 6.13. The molecule has 2 aromatic carbocycles. The number of hydrogen-bond acceptors (Lipinski definition) is 1. The lowest BCUT2D eigenvalue weighted by atomic mass is 10.2. The molecule has 3 heteroatoms. The molecule has 0 heterocycles. The molecule has 0 fully saturated rings. The number of benzene rings is 2. The van der Waals surface area contributed by atoms with E-state index in [9.17, 15) is 4.57 Å². The Kier molecular flexibility index (Phi) is 6.61. The fourth-order valence-electron chi connectivity index (χ4n) is 2.38. The molecule has 0 amide bonds. The summed E-state index contributed by atoms with van der Waals surface area (Å²) in [6.45, 7) is 2.20. The van der Waals surface area contributed by atoms with Crippen LogP contribution < -0.4 is 10.6 Å². The molecule has 0 saturated carbocycles. The topological polar surface area (TPSA) is 29.4 Å². The average molecular weight is 313 g/mol. The van der Waals surface area contributed by atoms with Gasteiger partial charge in [0.25, 0.3) is 0 Å². The molecule has 0 aliphatic carbocycles. The van der Waals surface area contributed by atoms with Crippen molar-refractivity contribution in [3.05, 3.63) is 60.7 Å². The number of nitrogens with zero attached hydrogens (tertiary/aromatic N) is 1. The lowest BCUT2D eigenvalue weighted by Crippen LogP contribution is -2.14. The molecule has 2 aromatic rings. The molecule has 0 aliphatic heterocycles. The lowest BCUT2D eigenvalue weighted by Gasteiger charge is -2.14. The molecule has 116 valence electrons. The van der Waals surface area contributed by atoms with Crippen molar-refractivity contribution in [1.82, 2.24) is 0 Å². The van der Waals surface area contributed by atoms with Gasteiger partial charge < -0.3 is 0 Å². The molecule has 0 aliphatic rings. The Morgan fingerprint density at radius 2 is 1.41 bits per heavy atom. The highest BCUT2D eigenvalue weighted by molar-refractivity contribution is 7.77. The SMILES string of the molecule is CCCCCC/C=N/P(=O)(c1ccccc1)c1ccccc1. The van der Waals surface area contributed by atoms with Gasteiger partial charge in [-0.3, -0.25) is 4.57 Å². The van der Waals surface area contributed by atoms with Crippen LogP contribution in [0.3, 0.4) is 0 Å². The smallest absolute Gasteiger partial charge is 0.247 e.